The lowest BCUT2D eigenvalue weighted by atomic mass is 10.1. The van der Waals surface area contributed by atoms with Crippen molar-refractivity contribution >= 4 is 10.8 Å². The molecule has 0 radical (unpaired) electrons. The lowest BCUT2D eigenvalue weighted by Gasteiger charge is -2.05. The van der Waals surface area contributed by atoms with E-state index < -0.39 is 0 Å². The number of hydrogen-bond donors (Lipinski definition) is 0. The third kappa shape index (κ3) is 1.87. The van der Waals surface area contributed by atoms with Crippen LogP contribution in [0.4, 0.5) is 0 Å². The first-order chi connectivity index (χ1) is 6.90. The van der Waals surface area contributed by atoms with Crippen molar-refractivity contribution in [3.8, 4) is 5.75 Å². The van der Waals surface area contributed by atoms with Crippen LogP contribution >= 0.6 is 0 Å². The first-order valence-corrected chi connectivity index (χ1v) is 5.02. The van der Waals surface area contributed by atoms with Crippen LogP contribution in [0, 0.1) is 0 Å². The molecule has 0 atom stereocenters. The summed E-state index contributed by atoms with van der Waals surface area (Å²) in [4.78, 5) is 0. The quantitative estimate of drug-likeness (QED) is 0.711. The van der Waals surface area contributed by atoms with Gasteiger partial charge in [-0.05, 0) is 29.3 Å². The molecule has 2 aromatic carbocycles. The van der Waals surface area contributed by atoms with Crippen LogP contribution in [0.25, 0.3) is 10.8 Å². The number of fused-ring (bicyclic) bond motifs is 1. The fourth-order valence-electron chi connectivity index (χ4n) is 1.48. The van der Waals surface area contributed by atoms with Crippen molar-refractivity contribution in [1.29, 1.82) is 0 Å². The Hall–Kier alpha value is -1.50. The average molecular weight is 186 g/mol. The van der Waals surface area contributed by atoms with Crippen molar-refractivity contribution in [2.75, 3.05) is 6.61 Å². The van der Waals surface area contributed by atoms with Gasteiger partial charge in [0.2, 0.25) is 0 Å². The second kappa shape index (κ2) is 4.14. The van der Waals surface area contributed by atoms with E-state index in [-0.39, 0.29) is 0 Å². The SMILES string of the molecule is CCCOc1ccc2ccccc2c1. The fraction of sp³-hybridized carbons (Fsp3) is 0.231. The monoisotopic (exact) mass is 186 g/mol. The highest BCUT2D eigenvalue weighted by atomic mass is 16.5. The van der Waals surface area contributed by atoms with Gasteiger partial charge in [-0.15, -0.1) is 0 Å². The number of rotatable bonds is 3. The van der Waals surface area contributed by atoms with Crippen molar-refractivity contribution in [2.45, 2.75) is 13.3 Å². The summed E-state index contributed by atoms with van der Waals surface area (Å²) in [6.45, 7) is 2.90. The molecule has 1 nitrogen and oxygen atoms in total. The Morgan fingerprint density at radius 2 is 1.79 bits per heavy atom. The number of benzene rings is 2. The summed E-state index contributed by atoms with van der Waals surface area (Å²) in [5.74, 6) is 0.963. The van der Waals surface area contributed by atoms with Crippen LogP contribution < -0.4 is 4.74 Å². The van der Waals surface area contributed by atoms with E-state index in [0.29, 0.717) is 0 Å². The van der Waals surface area contributed by atoms with E-state index in [9.17, 15) is 0 Å². The predicted molar refractivity (Wildman–Crippen MR) is 59.7 cm³/mol. The zero-order valence-electron chi connectivity index (χ0n) is 8.36. The van der Waals surface area contributed by atoms with E-state index in [1.807, 2.05) is 12.1 Å². The Balaban J connectivity index is 2.32. The van der Waals surface area contributed by atoms with Gasteiger partial charge in [0.1, 0.15) is 5.75 Å². The van der Waals surface area contributed by atoms with Gasteiger partial charge in [-0.25, -0.2) is 0 Å². The topological polar surface area (TPSA) is 9.23 Å². The standard InChI is InChI=1S/C13H14O/c1-2-9-14-13-8-7-11-5-3-4-6-12(11)10-13/h3-8,10H,2,9H2,1H3. The van der Waals surface area contributed by atoms with Gasteiger partial charge in [-0.2, -0.15) is 0 Å². The lowest BCUT2D eigenvalue weighted by molar-refractivity contribution is 0.318. The van der Waals surface area contributed by atoms with Crippen molar-refractivity contribution in [2.24, 2.45) is 0 Å². The smallest absolute Gasteiger partial charge is 0.119 e. The molecule has 0 bridgehead atoms. The van der Waals surface area contributed by atoms with Gasteiger partial charge < -0.3 is 4.74 Å². The Labute approximate surface area is 84.3 Å². The molecule has 0 saturated heterocycles. The molecule has 0 fully saturated rings. The molecule has 2 aromatic rings. The maximum atomic E-state index is 5.56. The molecule has 0 aliphatic heterocycles. The highest BCUT2D eigenvalue weighted by Gasteiger charge is 1.95. The van der Waals surface area contributed by atoms with Crippen LogP contribution in [0.3, 0.4) is 0 Å². The normalized spacial score (nSPS) is 10.4. The molecule has 0 aliphatic rings. The van der Waals surface area contributed by atoms with Gasteiger partial charge >= 0.3 is 0 Å². The van der Waals surface area contributed by atoms with Crippen LogP contribution in [0.2, 0.25) is 0 Å². The molecular formula is C13H14O. The summed E-state index contributed by atoms with van der Waals surface area (Å²) in [6.07, 6.45) is 1.05. The largest absolute Gasteiger partial charge is 0.494 e. The second-order valence-corrected chi connectivity index (χ2v) is 3.36. The van der Waals surface area contributed by atoms with Crippen LogP contribution in [-0.4, -0.2) is 6.61 Å². The van der Waals surface area contributed by atoms with Gasteiger partial charge in [-0.1, -0.05) is 37.3 Å². The van der Waals surface area contributed by atoms with Crippen LogP contribution in [0.15, 0.2) is 42.5 Å². The summed E-state index contributed by atoms with van der Waals surface area (Å²) >= 11 is 0. The van der Waals surface area contributed by atoms with Crippen molar-refractivity contribution < 1.29 is 4.74 Å². The second-order valence-electron chi connectivity index (χ2n) is 3.36. The Morgan fingerprint density at radius 1 is 1.00 bits per heavy atom. The van der Waals surface area contributed by atoms with E-state index in [2.05, 4.69) is 37.3 Å². The zero-order chi connectivity index (χ0) is 9.80. The van der Waals surface area contributed by atoms with Gasteiger partial charge in [0, 0.05) is 0 Å². The van der Waals surface area contributed by atoms with Gasteiger partial charge in [-0.3, -0.25) is 0 Å². The fourth-order valence-corrected chi connectivity index (χ4v) is 1.48. The molecule has 0 spiro atoms. The molecule has 0 aromatic heterocycles. The van der Waals surface area contributed by atoms with Gasteiger partial charge in [0.25, 0.3) is 0 Å². The van der Waals surface area contributed by atoms with Crippen LogP contribution in [0.1, 0.15) is 13.3 Å². The van der Waals surface area contributed by atoms with Crippen molar-refractivity contribution in [1.82, 2.24) is 0 Å². The Kier molecular flexibility index (Phi) is 2.68. The third-order valence-corrected chi connectivity index (χ3v) is 2.19. The molecule has 2 rings (SSSR count). The minimum atomic E-state index is 0.790. The maximum absolute atomic E-state index is 5.56. The summed E-state index contributed by atoms with van der Waals surface area (Å²) < 4.78 is 5.56. The Bertz CT molecular complexity index is 420. The van der Waals surface area contributed by atoms with Crippen molar-refractivity contribution in [3.63, 3.8) is 0 Å². The summed E-state index contributed by atoms with van der Waals surface area (Å²) in [7, 11) is 0. The molecule has 14 heavy (non-hydrogen) atoms. The molecule has 0 aliphatic carbocycles. The van der Waals surface area contributed by atoms with Gasteiger partial charge in [0.15, 0.2) is 0 Å². The van der Waals surface area contributed by atoms with E-state index in [0.717, 1.165) is 18.8 Å². The highest BCUT2D eigenvalue weighted by molar-refractivity contribution is 5.83. The molecule has 0 unspecified atom stereocenters. The van der Waals surface area contributed by atoms with E-state index in [4.69, 9.17) is 4.74 Å². The summed E-state index contributed by atoms with van der Waals surface area (Å²) in [6, 6.07) is 14.5. The predicted octanol–water partition coefficient (Wildman–Crippen LogP) is 3.63. The lowest BCUT2D eigenvalue weighted by Crippen LogP contribution is -1.94. The van der Waals surface area contributed by atoms with Crippen LogP contribution in [-0.2, 0) is 0 Å². The summed E-state index contributed by atoms with van der Waals surface area (Å²) in [5.41, 5.74) is 0. The van der Waals surface area contributed by atoms with E-state index >= 15 is 0 Å². The number of hydrogen-bond acceptors (Lipinski definition) is 1. The molecular weight excluding hydrogens is 172 g/mol. The van der Waals surface area contributed by atoms with Crippen LogP contribution in [0.5, 0.6) is 5.75 Å². The average Bonchev–Trinajstić information content (AvgIpc) is 2.26. The van der Waals surface area contributed by atoms with E-state index in [1.165, 1.54) is 10.8 Å². The molecule has 0 saturated carbocycles. The minimum Gasteiger partial charge on any atom is -0.494 e. The number of ether oxygens (including phenoxy) is 1. The molecule has 0 heterocycles. The molecule has 0 amide bonds. The minimum absolute atomic E-state index is 0.790. The molecule has 0 N–H and O–H groups in total. The zero-order valence-corrected chi connectivity index (χ0v) is 8.36. The van der Waals surface area contributed by atoms with Crippen molar-refractivity contribution in [3.05, 3.63) is 42.5 Å². The van der Waals surface area contributed by atoms with E-state index in [1.54, 1.807) is 0 Å². The highest BCUT2D eigenvalue weighted by Crippen LogP contribution is 2.20. The molecule has 72 valence electrons. The third-order valence-electron chi connectivity index (χ3n) is 2.19. The Morgan fingerprint density at radius 3 is 2.57 bits per heavy atom. The molecule has 1 heteroatoms. The summed E-state index contributed by atoms with van der Waals surface area (Å²) in [5, 5.41) is 2.50. The van der Waals surface area contributed by atoms with Gasteiger partial charge in [0.05, 0.1) is 6.61 Å². The maximum Gasteiger partial charge on any atom is 0.119 e. The first-order valence-electron chi connectivity index (χ1n) is 5.02. The first kappa shape index (κ1) is 9.07.